The van der Waals surface area contributed by atoms with Crippen molar-refractivity contribution in [2.75, 3.05) is 20.6 Å². The molecule has 1 atom stereocenters. The van der Waals surface area contributed by atoms with Crippen LogP contribution in [0.15, 0.2) is 39.4 Å². The lowest BCUT2D eigenvalue weighted by Crippen LogP contribution is -2.34. The number of nitrogens with one attached hydrogen (secondary N) is 2. The van der Waals surface area contributed by atoms with Gasteiger partial charge in [0.15, 0.2) is 0 Å². The first-order valence-electron chi connectivity index (χ1n) is 9.03. The number of likely N-dealkylation sites (N-methyl/N-ethyl adjacent to an activating group) is 1. The number of aromatic amines is 1. The van der Waals surface area contributed by atoms with Crippen LogP contribution in [0.5, 0.6) is 0 Å². The molecule has 0 bridgehead atoms. The maximum Gasteiger partial charge on any atom is 0.329 e. The molecular weight excluding hydrogens is 378 g/mol. The van der Waals surface area contributed by atoms with Gasteiger partial charge in [-0.25, -0.2) is 9.78 Å². The Hall–Kier alpha value is -2.78. The highest BCUT2D eigenvalue weighted by Crippen LogP contribution is 2.22. The van der Waals surface area contributed by atoms with Crippen molar-refractivity contribution in [1.82, 2.24) is 24.8 Å². The van der Waals surface area contributed by atoms with Gasteiger partial charge in [-0.05, 0) is 38.0 Å². The molecule has 0 aromatic carbocycles. The summed E-state index contributed by atoms with van der Waals surface area (Å²) in [6, 6.07) is 5.55. The number of H-pyrrole nitrogens is 1. The van der Waals surface area contributed by atoms with E-state index in [0.717, 1.165) is 11.3 Å². The third-order valence-electron chi connectivity index (χ3n) is 4.49. The molecule has 3 aromatic heterocycles. The van der Waals surface area contributed by atoms with Crippen molar-refractivity contribution in [2.24, 2.45) is 0 Å². The van der Waals surface area contributed by atoms with Gasteiger partial charge in [-0.15, -0.1) is 11.3 Å². The second kappa shape index (κ2) is 8.49. The fourth-order valence-electron chi connectivity index (χ4n) is 3.03. The van der Waals surface area contributed by atoms with E-state index >= 15 is 0 Å². The summed E-state index contributed by atoms with van der Waals surface area (Å²) in [6.07, 6.45) is 2.12. The zero-order valence-electron chi connectivity index (χ0n) is 16.1. The van der Waals surface area contributed by atoms with Crippen molar-refractivity contribution in [3.05, 3.63) is 61.1 Å². The van der Waals surface area contributed by atoms with E-state index in [4.69, 9.17) is 0 Å². The molecule has 3 rings (SSSR count). The van der Waals surface area contributed by atoms with E-state index in [-0.39, 0.29) is 28.5 Å². The minimum atomic E-state index is -0.542. The Morgan fingerprint density at radius 1 is 1.39 bits per heavy atom. The molecule has 1 amide bonds. The summed E-state index contributed by atoms with van der Waals surface area (Å²) in [7, 11) is 3.92. The molecule has 28 heavy (non-hydrogen) atoms. The Kier molecular flexibility index (Phi) is 6.05. The summed E-state index contributed by atoms with van der Waals surface area (Å²) in [5.74, 6) is -0.314. The summed E-state index contributed by atoms with van der Waals surface area (Å²) < 4.78 is 1.41. The molecule has 3 heterocycles. The van der Waals surface area contributed by atoms with Gasteiger partial charge in [-0.1, -0.05) is 13.0 Å². The smallest absolute Gasteiger partial charge is 0.329 e. The van der Waals surface area contributed by atoms with Crippen molar-refractivity contribution in [2.45, 2.75) is 25.9 Å². The Morgan fingerprint density at radius 3 is 2.82 bits per heavy atom. The number of hydrogen-bond acceptors (Lipinski definition) is 6. The van der Waals surface area contributed by atoms with Crippen molar-refractivity contribution in [3.63, 3.8) is 0 Å². The Balaban J connectivity index is 1.86. The number of aryl methyl sites for hydroxylation is 1. The molecule has 0 aliphatic heterocycles. The van der Waals surface area contributed by atoms with Gasteiger partial charge in [0.2, 0.25) is 0 Å². The van der Waals surface area contributed by atoms with Crippen LogP contribution in [0.2, 0.25) is 0 Å². The number of nitrogens with zero attached hydrogens (tertiary/aromatic N) is 3. The van der Waals surface area contributed by atoms with Crippen LogP contribution >= 0.6 is 11.3 Å². The summed E-state index contributed by atoms with van der Waals surface area (Å²) in [5.41, 5.74) is -0.464. The molecule has 2 N–H and O–H groups in total. The number of thiophene rings is 1. The number of carbonyl (C=O) groups excluding carboxylic acids is 1. The van der Waals surface area contributed by atoms with E-state index in [2.05, 4.69) is 15.3 Å². The van der Waals surface area contributed by atoms with Crippen LogP contribution in [-0.2, 0) is 6.54 Å². The van der Waals surface area contributed by atoms with Crippen molar-refractivity contribution < 1.29 is 4.79 Å². The van der Waals surface area contributed by atoms with Crippen molar-refractivity contribution >= 4 is 28.3 Å². The molecular formula is C19H23N5O3S. The van der Waals surface area contributed by atoms with Crippen LogP contribution in [0.1, 0.15) is 34.6 Å². The highest BCUT2D eigenvalue weighted by molar-refractivity contribution is 7.10. The molecule has 9 heteroatoms. The second-order valence-electron chi connectivity index (χ2n) is 6.71. The number of fused-ring (bicyclic) bond motifs is 1. The van der Waals surface area contributed by atoms with Crippen LogP contribution in [0.4, 0.5) is 0 Å². The number of carbonyl (C=O) groups is 1. The van der Waals surface area contributed by atoms with Crippen LogP contribution in [-0.4, -0.2) is 46.0 Å². The summed E-state index contributed by atoms with van der Waals surface area (Å²) >= 11 is 1.64. The Labute approximate surface area is 165 Å². The summed E-state index contributed by atoms with van der Waals surface area (Å²) in [5, 5.41) is 5.14. The predicted octanol–water partition coefficient (Wildman–Crippen LogP) is 1.59. The molecule has 148 valence electrons. The van der Waals surface area contributed by atoms with Gasteiger partial charge in [0, 0.05) is 24.2 Å². The number of aromatic nitrogens is 3. The maximum absolute atomic E-state index is 12.6. The van der Waals surface area contributed by atoms with Crippen LogP contribution in [0.3, 0.4) is 0 Å². The van der Waals surface area contributed by atoms with E-state index in [1.807, 2.05) is 43.4 Å². The average molecular weight is 401 g/mol. The first kappa shape index (κ1) is 20.0. The average Bonchev–Trinajstić information content (AvgIpc) is 3.19. The number of pyridine rings is 1. The van der Waals surface area contributed by atoms with Crippen LogP contribution in [0.25, 0.3) is 11.0 Å². The molecule has 0 aliphatic carbocycles. The van der Waals surface area contributed by atoms with Gasteiger partial charge in [0.25, 0.3) is 11.5 Å². The van der Waals surface area contributed by atoms with E-state index in [1.54, 1.807) is 11.3 Å². The van der Waals surface area contributed by atoms with E-state index in [1.165, 1.54) is 16.8 Å². The zero-order valence-corrected chi connectivity index (χ0v) is 16.9. The molecule has 0 spiro atoms. The zero-order chi connectivity index (χ0) is 20.3. The maximum atomic E-state index is 12.6. The van der Waals surface area contributed by atoms with Crippen LogP contribution in [0, 0.1) is 0 Å². The number of rotatable bonds is 7. The minimum Gasteiger partial charge on any atom is -0.350 e. The molecule has 0 fully saturated rings. The van der Waals surface area contributed by atoms with Gasteiger partial charge in [-0.3, -0.25) is 19.1 Å². The van der Waals surface area contributed by atoms with Crippen molar-refractivity contribution in [3.8, 4) is 0 Å². The highest BCUT2D eigenvalue weighted by Gasteiger charge is 2.18. The van der Waals surface area contributed by atoms with Gasteiger partial charge in [0.05, 0.1) is 17.0 Å². The minimum absolute atomic E-state index is 0.0514. The third-order valence-corrected chi connectivity index (χ3v) is 5.47. The fourth-order valence-corrected chi connectivity index (χ4v) is 3.96. The first-order valence-corrected chi connectivity index (χ1v) is 9.91. The SMILES string of the molecule is CCCn1c(=O)[nH]c(=O)c2cc(C(=O)NCC(c3cccs3)N(C)C)cnc21. The molecule has 0 radical (unpaired) electrons. The first-order chi connectivity index (χ1) is 13.4. The molecule has 0 saturated carbocycles. The lowest BCUT2D eigenvalue weighted by Gasteiger charge is -2.23. The van der Waals surface area contributed by atoms with Gasteiger partial charge in [0.1, 0.15) is 5.65 Å². The van der Waals surface area contributed by atoms with Crippen LogP contribution < -0.4 is 16.6 Å². The van der Waals surface area contributed by atoms with E-state index < -0.39 is 11.2 Å². The molecule has 0 saturated heterocycles. The topological polar surface area (TPSA) is 100 Å². The molecule has 0 aliphatic rings. The normalized spacial score (nSPS) is 12.4. The fraction of sp³-hybridized carbons (Fsp3) is 0.368. The standard InChI is InChI=1S/C19H23N5O3S/c1-4-7-24-16-13(18(26)22-19(24)27)9-12(10-20-16)17(25)21-11-14(23(2)3)15-6-5-8-28-15/h5-6,8-10,14H,4,7,11H2,1-3H3,(H,21,25)(H,22,26,27). The van der Waals surface area contributed by atoms with Crippen molar-refractivity contribution in [1.29, 1.82) is 0 Å². The van der Waals surface area contributed by atoms with E-state index in [9.17, 15) is 14.4 Å². The van der Waals surface area contributed by atoms with E-state index in [0.29, 0.717) is 13.1 Å². The predicted molar refractivity (Wildman–Crippen MR) is 110 cm³/mol. The second-order valence-corrected chi connectivity index (χ2v) is 7.69. The lowest BCUT2D eigenvalue weighted by molar-refractivity contribution is 0.0942. The Morgan fingerprint density at radius 2 is 2.18 bits per heavy atom. The van der Waals surface area contributed by atoms with Gasteiger partial charge < -0.3 is 10.2 Å². The van der Waals surface area contributed by atoms with Gasteiger partial charge >= 0.3 is 5.69 Å². The quantitative estimate of drug-likeness (QED) is 0.626. The molecule has 1 unspecified atom stereocenters. The third kappa shape index (κ3) is 4.05. The lowest BCUT2D eigenvalue weighted by atomic mass is 10.2. The Bertz CT molecular complexity index is 1090. The summed E-state index contributed by atoms with van der Waals surface area (Å²) in [4.78, 5) is 46.5. The summed E-state index contributed by atoms with van der Waals surface area (Å²) in [6.45, 7) is 2.80. The highest BCUT2D eigenvalue weighted by atomic mass is 32.1. The molecule has 8 nitrogen and oxygen atoms in total. The van der Waals surface area contributed by atoms with Gasteiger partial charge in [-0.2, -0.15) is 0 Å². The largest absolute Gasteiger partial charge is 0.350 e. The monoisotopic (exact) mass is 401 g/mol. The number of amides is 1. The number of hydrogen-bond donors (Lipinski definition) is 2. The molecule has 3 aromatic rings.